The molecule has 1 aromatic rings. The Hall–Kier alpha value is -1.82. The second kappa shape index (κ2) is 7.09. The van der Waals surface area contributed by atoms with Crippen molar-refractivity contribution >= 4 is 11.7 Å². The number of hydrogen-bond acceptors (Lipinski definition) is 5. The summed E-state index contributed by atoms with van der Waals surface area (Å²) >= 11 is 0. The lowest BCUT2D eigenvalue weighted by Gasteiger charge is -2.31. The lowest BCUT2D eigenvalue weighted by molar-refractivity contribution is -0.134. The minimum Gasteiger partial charge on any atom is -0.480 e. The molecule has 1 saturated carbocycles. The number of aromatic nitrogens is 1. The number of hydrogen-bond donors (Lipinski definition) is 2. The van der Waals surface area contributed by atoms with Crippen molar-refractivity contribution in [1.82, 2.24) is 9.88 Å². The van der Waals surface area contributed by atoms with Crippen molar-refractivity contribution < 1.29 is 9.53 Å². The number of rotatable bonds is 5. The maximum absolute atomic E-state index is 12.1. The van der Waals surface area contributed by atoms with Crippen LogP contribution in [0.2, 0.25) is 0 Å². The smallest absolute Gasteiger partial charge is 0.260 e. The van der Waals surface area contributed by atoms with Crippen molar-refractivity contribution in [1.29, 1.82) is 0 Å². The minimum absolute atomic E-state index is 0.00731. The summed E-state index contributed by atoms with van der Waals surface area (Å²) < 4.78 is 5.51. The molecule has 0 saturated heterocycles. The number of hydrazine groups is 1. The van der Waals surface area contributed by atoms with E-state index in [2.05, 4.69) is 10.4 Å². The van der Waals surface area contributed by atoms with Crippen molar-refractivity contribution in [3.05, 3.63) is 18.3 Å². The highest BCUT2D eigenvalue weighted by atomic mass is 16.5. The Morgan fingerprint density at radius 3 is 2.95 bits per heavy atom. The summed E-state index contributed by atoms with van der Waals surface area (Å²) in [6.07, 6.45) is 7.46. The standard InChI is InChI=1S/C14H22N4O2/c1-18(11-6-3-2-4-7-11)13(19)10-20-12-8-5-9-16-14(12)17-15/h5,8-9,11H,2-4,6-7,10,15H2,1H3,(H,16,17). The summed E-state index contributed by atoms with van der Waals surface area (Å²) in [7, 11) is 1.85. The number of pyridine rings is 1. The second-order valence-corrected chi connectivity index (χ2v) is 5.08. The Bertz CT molecular complexity index is 447. The van der Waals surface area contributed by atoms with Crippen molar-refractivity contribution in [2.45, 2.75) is 38.1 Å². The van der Waals surface area contributed by atoms with Crippen LogP contribution in [0.3, 0.4) is 0 Å². The second-order valence-electron chi connectivity index (χ2n) is 5.08. The van der Waals surface area contributed by atoms with Gasteiger partial charge in [0.25, 0.3) is 5.91 Å². The lowest BCUT2D eigenvalue weighted by atomic mass is 9.94. The highest BCUT2D eigenvalue weighted by Crippen LogP contribution is 2.22. The predicted molar refractivity (Wildman–Crippen MR) is 77.2 cm³/mol. The van der Waals surface area contributed by atoms with Crippen LogP contribution in [0.15, 0.2) is 18.3 Å². The fourth-order valence-electron chi connectivity index (χ4n) is 2.53. The van der Waals surface area contributed by atoms with E-state index in [0.29, 0.717) is 17.6 Å². The monoisotopic (exact) mass is 278 g/mol. The molecule has 1 fully saturated rings. The largest absolute Gasteiger partial charge is 0.480 e. The first-order valence-electron chi connectivity index (χ1n) is 7.02. The molecule has 0 unspecified atom stereocenters. The van der Waals surface area contributed by atoms with Crippen molar-refractivity contribution in [3.8, 4) is 5.75 Å². The number of nitrogens with zero attached hydrogens (tertiary/aromatic N) is 2. The average molecular weight is 278 g/mol. The van der Waals surface area contributed by atoms with E-state index in [1.54, 1.807) is 18.3 Å². The normalized spacial score (nSPS) is 15.7. The summed E-state index contributed by atoms with van der Waals surface area (Å²) in [5.74, 6) is 6.25. The molecule has 1 aromatic heterocycles. The third-order valence-electron chi connectivity index (χ3n) is 3.77. The van der Waals surface area contributed by atoms with Gasteiger partial charge in [-0.1, -0.05) is 19.3 Å². The van der Waals surface area contributed by atoms with E-state index in [1.165, 1.54) is 19.3 Å². The van der Waals surface area contributed by atoms with Crippen molar-refractivity contribution in [2.24, 2.45) is 5.84 Å². The molecule has 1 aliphatic rings. The number of carbonyl (C=O) groups is 1. The Balaban J connectivity index is 1.87. The summed E-state index contributed by atoms with van der Waals surface area (Å²) in [5, 5.41) is 0. The molecule has 1 aliphatic carbocycles. The van der Waals surface area contributed by atoms with Gasteiger partial charge in [-0.2, -0.15) is 0 Å². The fourth-order valence-corrected chi connectivity index (χ4v) is 2.53. The lowest BCUT2D eigenvalue weighted by Crippen LogP contribution is -2.40. The molecule has 0 atom stereocenters. The Morgan fingerprint density at radius 2 is 2.25 bits per heavy atom. The molecule has 110 valence electrons. The summed E-state index contributed by atoms with van der Waals surface area (Å²) in [5.41, 5.74) is 2.45. The molecule has 0 spiro atoms. The van der Waals surface area contributed by atoms with Gasteiger partial charge in [-0.15, -0.1) is 0 Å². The molecule has 6 heteroatoms. The fraction of sp³-hybridized carbons (Fsp3) is 0.571. The molecule has 20 heavy (non-hydrogen) atoms. The topological polar surface area (TPSA) is 80.5 Å². The molecular formula is C14H22N4O2. The first-order valence-corrected chi connectivity index (χ1v) is 7.02. The molecule has 6 nitrogen and oxygen atoms in total. The van der Waals surface area contributed by atoms with Crippen molar-refractivity contribution in [3.63, 3.8) is 0 Å². The zero-order valence-corrected chi connectivity index (χ0v) is 11.8. The highest BCUT2D eigenvalue weighted by Gasteiger charge is 2.22. The van der Waals surface area contributed by atoms with Crippen LogP contribution in [0.25, 0.3) is 0 Å². The van der Waals surface area contributed by atoms with Crippen LogP contribution >= 0.6 is 0 Å². The van der Waals surface area contributed by atoms with E-state index in [-0.39, 0.29) is 12.5 Å². The van der Waals surface area contributed by atoms with Crippen LogP contribution < -0.4 is 16.0 Å². The number of carbonyl (C=O) groups excluding carboxylic acids is 1. The predicted octanol–water partition coefficient (Wildman–Crippen LogP) is 1.54. The molecule has 3 N–H and O–H groups in total. The maximum Gasteiger partial charge on any atom is 0.260 e. The summed E-state index contributed by atoms with van der Waals surface area (Å²) in [4.78, 5) is 18.0. The molecule has 0 aromatic carbocycles. The maximum atomic E-state index is 12.1. The van der Waals surface area contributed by atoms with E-state index in [0.717, 1.165) is 12.8 Å². The number of nitrogens with one attached hydrogen (secondary N) is 1. The quantitative estimate of drug-likeness (QED) is 0.631. The van der Waals surface area contributed by atoms with E-state index >= 15 is 0 Å². The van der Waals surface area contributed by atoms with Crippen molar-refractivity contribution in [2.75, 3.05) is 19.1 Å². The summed E-state index contributed by atoms with van der Waals surface area (Å²) in [6, 6.07) is 3.82. The molecule has 0 bridgehead atoms. The number of ether oxygens (including phenoxy) is 1. The molecule has 1 amide bonds. The Kier molecular flexibility index (Phi) is 5.17. The average Bonchev–Trinajstić information content (AvgIpc) is 2.53. The first-order chi connectivity index (χ1) is 9.72. The van der Waals surface area contributed by atoms with Gasteiger partial charge in [-0.3, -0.25) is 4.79 Å². The number of nitrogens with two attached hydrogens (primary N) is 1. The number of anilines is 1. The Labute approximate surface area is 119 Å². The van der Waals surface area contributed by atoms with Gasteiger partial charge in [0.2, 0.25) is 0 Å². The molecule has 0 radical (unpaired) electrons. The van der Waals surface area contributed by atoms with E-state index in [4.69, 9.17) is 10.6 Å². The van der Waals surface area contributed by atoms with Gasteiger partial charge in [0.15, 0.2) is 18.2 Å². The first kappa shape index (κ1) is 14.6. The van der Waals surface area contributed by atoms with Gasteiger partial charge in [-0.05, 0) is 25.0 Å². The number of likely N-dealkylation sites (N-methyl/N-ethyl adjacent to an activating group) is 1. The summed E-state index contributed by atoms with van der Waals surface area (Å²) in [6.45, 7) is 0.00731. The van der Waals surface area contributed by atoms with Gasteiger partial charge >= 0.3 is 0 Å². The van der Waals surface area contributed by atoms with Crippen LogP contribution in [0, 0.1) is 0 Å². The third kappa shape index (κ3) is 3.60. The molecule has 1 heterocycles. The van der Waals surface area contributed by atoms with Crippen LogP contribution in [0.1, 0.15) is 32.1 Å². The van der Waals surface area contributed by atoms with E-state index < -0.39 is 0 Å². The van der Waals surface area contributed by atoms with E-state index in [9.17, 15) is 4.79 Å². The van der Waals surface area contributed by atoms with E-state index in [1.807, 2.05) is 11.9 Å². The highest BCUT2D eigenvalue weighted by molar-refractivity contribution is 5.78. The van der Waals surface area contributed by atoms with Gasteiger partial charge in [0.1, 0.15) is 0 Å². The van der Waals surface area contributed by atoms with Crippen LogP contribution in [0.4, 0.5) is 5.82 Å². The van der Waals surface area contributed by atoms with Gasteiger partial charge in [-0.25, -0.2) is 10.8 Å². The number of amides is 1. The van der Waals surface area contributed by atoms with Gasteiger partial charge < -0.3 is 15.1 Å². The minimum atomic E-state index is -0.0104. The zero-order chi connectivity index (χ0) is 14.4. The molecular weight excluding hydrogens is 256 g/mol. The van der Waals surface area contributed by atoms with Crippen LogP contribution in [-0.4, -0.2) is 35.5 Å². The van der Waals surface area contributed by atoms with Crippen LogP contribution in [0.5, 0.6) is 5.75 Å². The third-order valence-corrected chi connectivity index (χ3v) is 3.77. The SMILES string of the molecule is CN(C(=O)COc1cccnc1NN)C1CCCCC1. The molecule has 2 rings (SSSR count). The molecule has 0 aliphatic heterocycles. The Morgan fingerprint density at radius 1 is 1.50 bits per heavy atom. The number of nitrogen functional groups attached to an aromatic ring is 1. The van der Waals surface area contributed by atoms with Crippen LogP contribution in [-0.2, 0) is 4.79 Å². The zero-order valence-electron chi connectivity index (χ0n) is 11.8. The van der Waals surface area contributed by atoms with Gasteiger partial charge in [0, 0.05) is 19.3 Å². The van der Waals surface area contributed by atoms with Gasteiger partial charge in [0.05, 0.1) is 0 Å².